The standard InChI is InChI=1S/C13H21NO3S/c1-2-3-9-18(15,16)10-8-17-13-7-5-4-6-12(13)11-14/h4-7H,2-3,8-11,14H2,1H3. The largest absolute Gasteiger partial charge is 0.492 e. The summed E-state index contributed by atoms with van der Waals surface area (Å²) in [7, 11) is -2.99. The van der Waals surface area contributed by atoms with Crippen molar-refractivity contribution in [3.8, 4) is 5.75 Å². The van der Waals surface area contributed by atoms with E-state index in [2.05, 4.69) is 0 Å². The SMILES string of the molecule is CCCCS(=O)(=O)CCOc1ccccc1CN. The van der Waals surface area contributed by atoms with Gasteiger partial charge in [0.15, 0.2) is 9.84 Å². The van der Waals surface area contributed by atoms with Crippen LogP contribution >= 0.6 is 0 Å². The Hall–Kier alpha value is -1.07. The average Bonchev–Trinajstić information content (AvgIpc) is 2.37. The summed E-state index contributed by atoms with van der Waals surface area (Å²) in [5, 5.41) is 0. The van der Waals surface area contributed by atoms with Gasteiger partial charge in [0, 0.05) is 12.1 Å². The van der Waals surface area contributed by atoms with Crippen LogP contribution in [0, 0.1) is 0 Å². The van der Waals surface area contributed by atoms with Crippen LogP contribution in [0.4, 0.5) is 0 Å². The van der Waals surface area contributed by atoms with Crippen LogP contribution in [0.2, 0.25) is 0 Å². The molecule has 5 heteroatoms. The normalized spacial score (nSPS) is 11.4. The lowest BCUT2D eigenvalue weighted by Crippen LogP contribution is -2.17. The molecule has 18 heavy (non-hydrogen) atoms. The summed E-state index contributed by atoms with van der Waals surface area (Å²) in [6.45, 7) is 2.55. The zero-order valence-corrected chi connectivity index (χ0v) is 11.6. The van der Waals surface area contributed by atoms with Gasteiger partial charge in [-0.3, -0.25) is 0 Å². The maximum Gasteiger partial charge on any atom is 0.153 e. The Labute approximate surface area is 109 Å². The fourth-order valence-electron chi connectivity index (χ4n) is 1.56. The van der Waals surface area contributed by atoms with E-state index in [1.54, 1.807) is 6.07 Å². The molecule has 2 N–H and O–H groups in total. The maximum atomic E-state index is 11.6. The number of hydrogen-bond donors (Lipinski definition) is 1. The highest BCUT2D eigenvalue weighted by atomic mass is 32.2. The number of rotatable bonds is 8. The van der Waals surface area contributed by atoms with Crippen LogP contribution in [-0.4, -0.2) is 26.5 Å². The second-order valence-electron chi connectivity index (χ2n) is 4.17. The Morgan fingerprint density at radius 2 is 1.94 bits per heavy atom. The molecule has 0 saturated heterocycles. The van der Waals surface area contributed by atoms with Crippen molar-refractivity contribution < 1.29 is 13.2 Å². The molecule has 0 amide bonds. The number of benzene rings is 1. The first-order chi connectivity index (χ1) is 8.59. The minimum atomic E-state index is -2.99. The van der Waals surface area contributed by atoms with Gasteiger partial charge in [0.25, 0.3) is 0 Å². The predicted molar refractivity (Wildman–Crippen MR) is 73.4 cm³/mol. The van der Waals surface area contributed by atoms with Gasteiger partial charge in [0.05, 0.1) is 11.5 Å². The van der Waals surface area contributed by atoms with Crippen molar-refractivity contribution in [3.05, 3.63) is 29.8 Å². The summed E-state index contributed by atoms with van der Waals surface area (Å²) >= 11 is 0. The van der Waals surface area contributed by atoms with Crippen LogP contribution in [0.15, 0.2) is 24.3 Å². The average molecular weight is 271 g/mol. The zero-order chi connectivity index (χ0) is 13.4. The van der Waals surface area contributed by atoms with Gasteiger partial charge in [-0.15, -0.1) is 0 Å². The second-order valence-corrected chi connectivity index (χ2v) is 6.47. The van der Waals surface area contributed by atoms with Gasteiger partial charge < -0.3 is 10.5 Å². The summed E-state index contributed by atoms with van der Waals surface area (Å²) in [5.41, 5.74) is 6.47. The van der Waals surface area contributed by atoms with Gasteiger partial charge in [0.1, 0.15) is 12.4 Å². The third-order valence-corrected chi connectivity index (χ3v) is 4.35. The molecule has 0 bridgehead atoms. The third kappa shape index (κ3) is 5.06. The third-order valence-electron chi connectivity index (χ3n) is 2.65. The van der Waals surface area contributed by atoms with Crippen molar-refractivity contribution in [2.45, 2.75) is 26.3 Å². The Balaban J connectivity index is 2.46. The minimum absolute atomic E-state index is 0.0614. The summed E-state index contributed by atoms with van der Waals surface area (Å²) < 4.78 is 28.7. The molecular formula is C13H21NO3S. The van der Waals surface area contributed by atoms with Gasteiger partial charge in [-0.05, 0) is 12.5 Å². The maximum absolute atomic E-state index is 11.6. The Morgan fingerprint density at radius 3 is 2.61 bits per heavy atom. The smallest absolute Gasteiger partial charge is 0.153 e. The molecule has 0 aromatic heterocycles. The molecule has 1 rings (SSSR count). The van der Waals surface area contributed by atoms with E-state index in [1.165, 1.54) is 0 Å². The van der Waals surface area contributed by atoms with Crippen molar-refractivity contribution in [2.75, 3.05) is 18.1 Å². The van der Waals surface area contributed by atoms with Gasteiger partial charge in [-0.2, -0.15) is 0 Å². The fraction of sp³-hybridized carbons (Fsp3) is 0.538. The number of sulfone groups is 1. The molecule has 0 atom stereocenters. The van der Waals surface area contributed by atoms with E-state index in [9.17, 15) is 8.42 Å². The van der Waals surface area contributed by atoms with Crippen LogP contribution in [0.25, 0.3) is 0 Å². The highest BCUT2D eigenvalue weighted by Gasteiger charge is 2.10. The summed E-state index contributed by atoms with van der Waals surface area (Å²) in [5.74, 6) is 0.975. The Bertz CT molecular complexity index is 457. The molecule has 0 aliphatic carbocycles. The number of hydrogen-bond acceptors (Lipinski definition) is 4. The van der Waals surface area contributed by atoms with E-state index >= 15 is 0 Å². The minimum Gasteiger partial charge on any atom is -0.492 e. The summed E-state index contributed by atoms with van der Waals surface area (Å²) in [6.07, 6.45) is 1.60. The van der Waals surface area contributed by atoms with Crippen molar-refractivity contribution >= 4 is 9.84 Å². The predicted octanol–water partition coefficient (Wildman–Crippen LogP) is 1.74. The molecule has 1 aromatic rings. The Kier molecular flexibility index (Phi) is 6.15. The van der Waals surface area contributed by atoms with E-state index in [1.807, 2.05) is 25.1 Å². The first-order valence-corrected chi connectivity index (χ1v) is 8.02. The molecule has 0 saturated carbocycles. The molecule has 1 aromatic carbocycles. The number of nitrogens with two attached hydrogens (primary N) is 1. The molecule has 0 heterocycles. The van der Waals surface area contributed by atoms with E-state index in [-0.39, 0.29) is 18.1 Å². The summed E-state index contributed by atoms with van der Waals surface area (Å²) in [6, 6.07) is 7.41. The van der Waals surface area contributed by atoms with Crippen molar-refractivity contribution in [2.24, 2.45) is 5.73 Å². The van der Waals surface area contributed by atoms with E-state index in [0.29, 0.717) is 18.7 Å². The number of unbranched alkanes of at least 4 members (excludes halogenated alkanes) is 1. The lowest BCUT2D eigenvalue weighted by atomic mass is 10.2. The first kappa shape index (κ1) is 15.0. The molecule has 0 unspecified atom stereocenters. The molecule has 0 spiro atoms. The monoisotopic (exact) mass is 271 g/mol. The quantitative estimate of drug-likeness (QED) is 0.782. The van der Waals surface area contributed by atoms with E-state index in [0.717, 1.165) is 12.0 Å². The zero-order valence-electron chi connectivity index (χ0n) is 10.8. The molecule has 0 fully saturated rings. The lowest BCUT2D eigenvalue weighted by molar-refractivity contribution is 0.337. The second kappa shape index (κ2) is 7.38. The Morgan fingerprint density at radius 1 is 1.22 bits per heavy atom. The van der Waals surface area contributed by atoms with Gasteiger partial charge in [-0.25, -0.2) is 8.42 Å². The number of ether oxygens (including phenoxy) is 1. The lowest BCUT2D eigenvalue weighted by Gasteiger charge is -2.10. The van der Waals surface area contributed by atoms with Crippen molar-refractivity contribution in [3.63, 3.8) is 0 Å². The summed E-state index contributed by atoms with van der Waals surface area (Å²) in [4.78, 5) is 0. The number of para-hydroxylation sites is 1. The van der Waals surface area contributed by atoms with E-state index < -0.39 is 9.84 Å². The molecule has 102 valence electrons. The van der Waals surface area contributed by atoms with Crippen molar-refractivity contribution in [1.29, 1.82) is 0 Å². The van der Waals surface area contributed by atoms with E-state index in [4.69, 9.17) is 10.5 Å². The van der Waals surface area contributed by atoms with Crippen molar-refractivity contribution in [1.82, 2.24) is 0 Å². The first-order valence-electron chi connectivity index (χ1n) is 6.20. The molecular weight excluding hydrogens is 250 g/mol. The topological polar surface area (TPSA) is 69.4 Å². The van der Waals surface area contributed by atoms with Crippen LogP contribution in [0.1, 0.15) is 25.3 Å². The highest BCUT2D eigenvalue weighted by Crippen LogP contribution is 2.16. The van der Waals surface area contributed by atoms with Gasteiger partial charge >= 0.3 is 0 Å². The van der Waals surface area contributed by atoms with Crippen LogP contribution < -0.4 is 10.5 Å². The molecule has 4 nitrogen and oxygen atoms in total. The van der Waals surface area contributed by atoms with Gasteiger partial charge in [-0.1, -0.05) is 31.5 Å². The van der Waals surface area contributed by atoms with Gasteiger partial charge in [0.2, 0.25) is 0 Å². The van der Waals surface area contributed by atoms with Crippen LogP contribution in [0.3, 0.4) is 0 Å². The highest BCUT2D eigenvalue weighted by molar-refractivity contribution is 7.91. The van der Waals surface area contributed by atoms with Crippen LogP contribution in [-0.2, 0) is 16.4 Å². The van der Waals surface area contributed by atoms with Crippen LogP contribution in [0.5, 0.6) is 5.75 Å². The fourth-order valence-corrected chi connectivity index (χ4v) is 2.83. The molecule has 0 aliphatic rings. The molecule has 0 radical (unpaired) electrons. The molecule has 0 aliphatic heterocycles.